The Bertz CT molecular complexity index is 1200. The fourth-order valence-electron chi connectivity index (χ4n) is 3.16. The summed E-state index contributed by atoms with van der Waals surface area (Å²) in [6.07, 6.45) is 6.94. The number of rotatable bonds is 4. The number of hydrogen-bond acceptors (Lipinski definition) is 5. The van der Waals surface area contributed by atoms with Crippen LogP contribution >= 0.6 is 0 Å². The summed E-state index contributed by atoms with van der Waals surface area (Å²) in [5.41, 5.74) is 2.66. The van der Waals surface area contributed by atoms with Crippen LogP contribution in [0.2, 0.25) is 0 Å². The van der Waals surface area contributed by atoms with E-state index >= 15 is 0 Å². The number of pyridine rings is 1. The minimum absolute atomic E-state index is 0.00792. The molecular weight excluding hydrogens is 358 g/mol. The summed E-state index contributed by atoms with van der Waals surface area (Å²) >= 11 is 0. The molecule has 28 heavy (non-hydrogen) atoms. The number of aryl methyl sites for hydroxylation is 1. The molecule has 0 spiro atoms. The van der Waals surface area contributed by atoms with E-state index in [2.05, 4.69) is 15.3 Å². The van der Waals surface area contributed by atoms with Gasteiger partial charge < -0.3 is 9.88 Å². The largest absolute Gasteiger partial charge is 0.320 e. The van der Waals surface area contributed by atoms with Crippen LogP contribution in [0.4, 0.5) is 11.4 Å². The molecule has 0 unspecified atom stereocenters. The second-order valence-corrected chi connectivity index (χ2v) is 6.19. The van der Waals surface area contributed by atoms with Crippen molar-refractivity contribution in [1.82, 2.24) is 14.5 Å². The van der Waals surface area contributed by atoms with E-state index in [1.807, 2.05) is 23.8 Å². The molecule has 4 rings (SSSR count). The van der Waals surface area contributed by atoms with E-state index in [0.717, 1.165) is 16.6 Å². The Balaban J connectivity index is 1.80. The number of nitro benzene ring substituents is 1. The number of hydrogen-bond donors (Lipinski definition) is 1. The van der Waals surface area contributed by atoms with Gasteiger partial charge in [0.25, 0.3) is 11.6 Å². The van der Waals surface area contributed by atoms with Crippen LogP contribution in [0.3, 0.4) is 0 Å². The molecule has 2 aromatic carbocycles. The fraction of sp³-hybridized carbons (Fsp3) is 0.0500. The number of nitrogens with one attached hydrogen (secondary N) is 1. The number of carbonyl (C=O) groups is 1. The second-order valence-electron chi connectivity index (χ2n) is 6.19. The normalized spacial score (nSPS) is 10.8. The number of fused-ring (bicyclic) bond motifs is 1. The predicted molar refractivity (Wildman–Crippen MR) is 105 cm³/mol. The Morgan fingerprint density at radius 2 is 2.00 bits per heavy atom. The molecule has 1 N–H and O–H groups in total. The van der Waals surface area contributed by atoms with Gasteiger partial charge in [-0.2, -0.15) is 0 Å². The molecule has 0 saturated heterocycles. The zero-order valence-corrected chi connectivity index (χ0v) is 14.9. The van der Waals surface area contributed by atoms with Crippen LogP contribution in [0.15, 0.2) is 67.4 Å². The molecule has 8 heteroatoms. The predicted octanol–water partition coefficient (Wildman–Crippen LogP) is 3.89. The van der Waals surface area contributed by atoms with Crippen molar-refractivity contribution in [2.45, 2.75) is 6.92 Å². The van der Waals surface area contributed by atoms with Gasteiger partial charge in [0.1, 0.15) is 5.56 Å². The van der Waals surface area contributed by atoms with Crippen LogP contribution in [0.1, 0.15) is 15.9 Å². The molecule has 0 aliphatic carbocycles. The van der Waals surface area contributed by atoms with E-state index in [1.165, 1.54) is 18.2 Å². The molecule has 2 aromatic heterocycles. The summed E-state index contributed by atoms with van der Waals surface area (Å²) in [6, 6.07) is 11.3. The van der Waals surface area contributed by atoms with Crippen LogP contribution in [-0.4, -0.2) is 25.4 Å². The first kappa shape index (κ1) is 17.3. The smallest absolute Gasteiger partial charge is 0.282 e. The molecule has 138 valence electrons. The topological polar surface area (TPSA) is 103 Å². The van der Waals surface area contributed by atoms with Gasteiger partial charge in [-0.15, -0.1) is 0 Å². The van der Waals surface area contributed by atoms with Crippen molar-refractivity contribution in [2.24, 2.45) is 0 Å². The lowest BCUT2D eigenvalue weighted by Crippen LogP contribution is -2.14. The number of nitro groups is 1. The Morgan fingerprint density at radius 3 is 2.75 bits per heavy atom. The molecule has 0 atom stereocenters. The molecule has 0 fully saturated rings. The highest BCUT2D eigenvalue weighted by Gasteiger charge is 2.20. The summed E-state index contributed by atoms with van der Waals surface area (Å²) in [5, 5.41) is 14.8. The Labute approximate surface area is 159 Å². The summed E-state index contributed by atoms with van der Waals surface area (Å²) < 4.78 is 1.88. The second kappa shape index (κ2) is 6.92. The van der Waals surface area contributed by atoms with Crippen molar-refractivity contribution >= 4 is 28.2 Å². The van der Waals surface area contributed by atoms with Gasteiger partial charge in [0.15, 0.2) is 0 Å². The van der Waals surface area contributed by atoms with Crippen LogP contribution in [0.25, 0.3) is 16.6 Å². The van der Waals surface area contributed by atoms with Crippen molar-refractivity contribution in [2.75, 3.05) is 5.32 Å². The van der Waals surface area contributed by atoms with E-state index in [-0.39, 0.29) is 11.3 Å². The van der Waals surface area contributed by atoms with Crippen molar-refractivity contribution in [3.05, 3.63) is 88.6 Å². The monoisotopic (exact) mass is 373 g/mol. The number of nitrogens with zero attached hydrogens (tertiary/aromatic N) is 4. The van der Waals surface area contributed by atoms with Crippen molar-refractivity contribution in [1.29, 1.82) is 0 Å². The van der Waals surface area contributed by atoms with Gasteiger partial charge in [0, 0.05) is 30.0 Å². The van der Waals surface area contributed by atoms with Crippen molar-refractivity contribution in [3.63, 3.8) is 0 Å². The maximum atomic E-state index is 12.7. The third-order valence-corrected chi connectivity index (χ3v) is 4.41. The standard InChI is InChI=1S/C20H15N5O3/c1-13-11-22-18-15(19(13)24-10-9-21-12-24)6-4-7-16(18)23-20(26)14-5-2-3-8-17(14)25(27)28/h2-12H,1H3,(H,23,26). The molecule has 1 amide bonds. The highest BCUT2D eigenvalue weighted by Crippen LogP contribution is 2.29. The SMILES string of the molecule is Cc1cnc2c(NC(=O)c3ccccc3[N+](=O)[O-])cccc2c1-n1ccnc1. The summed E-state index contributed by atoms with van der Waals surface area (Å²) in [4.78, 5) is 31.9. The van der Waals surface area contributed by atoms with Gasteiger partial charge in [-0.05, 0) is 24.6 Å². The maximum Gasteiger partial charge on any atom is 0.282 e. The Kier molecular flexibility index (Phi) is 4.29. The highest BCUT2D eigenvalue weighted by molar-refractivity contribution is 6.11. The molecule has 2 heterocycles. The van der Waals surface area contributed by atoms with Gasteiger partial charge in [0.05, 0.1) is 28.1 Å². The van der Waals surface area contributed by atoms with E-state index in [0.29, 0.717) is 11.2 Å². The number of aromatic nitrogens is 3. The van der Waals surface area contributed by atoms with E-state index in [4.69, 9.17) is 0 Å². The Hall–Kier alpha value is -4.07. The minimum atomic E-state index is -0.573. The number of benzene rings is 2. The van der Waals surface area contributed by atoms with Crippen molar-refractivity contribution in [3.8, 4) is 5.69 Å². The number of para-hydroxylation sites is 2. The molecule has 0 aliphatic rings. The lowest BCUT2D eigenvalue weighted by molar-refractivity contribution is -0.385. The van der Waals surface area contributed by atoms with Crippen LogP contribution in [0, 0.1) is 17.0 Å². The number of amides is 1. The average molecular weight is 373 g/mol. The minimum Gasteiger partial charge on any atom is -0.320 e. The average Bonchev–Trinajstić information content (AvgIpc) is 3.22. The zero-order chi connectivity index (χ0) is 19.7. The van der Waals surface area contributed by atoms with Gasteiger partial charge in [0.2, 0.25) is 0 Å². The molecular formula is C20H15N5O3. The lowest BCUT2D eigenvalue weighted by Gasteiger charge is -2.13. The first-order valence-electron chi connectivity index (χ1n) is 8.47. The third-order valence-electron chi connectivity index (χ3n) is 4.41. The van der Waals surface area contributed by atoms with E-state index < -0.39 is 10.8 Å². The third kappa shape index (κ3) is 2.96. The Morgan fingerprint density at radius 1 is 1.18 bits per heavy atom. The summed E-state index contributed by atoms with van der Waals surface area (Å²) in [7, 11) is 0. The van der Waals surface area contributed by atoms with Gasteiger partial charge >= 0.3 is 0 Å². The van der Waals surface area contributed by atoms with Gasteiger partial charge in [-0.25, -0.2) is 4.98 Å². The van der Waals surface area contributed by atoms with E-state index in [1.54, 1.807) is 36.9 Å². The van der Waals surface area contributed by atoms with Crippen LogP contribution in [-0.2, 0) is 0 Å². The molecule has 4 aromatic rings. The van der Waals surface area contributed by atoms with Crippen LogP contribution in [0.5, 0.6) is 0 Å². The molecule has 8 nitrogen and oxygen atoms in total. The van der Waals surface area contributed by atoms with Gasteiger partial charge in [-0.3, -0.25) is 19.9 Å². The summed E-state index contributed by atoms with van der Waals surface area (Å²) in [6.45, 7) is 1.94. The number of carbonyl (C=O) groups excluding carboxylic acids is 1. The fourth-order valence-corrected chi connectivity index (χ4v) is 3.16. The zero-order valence-electron chi connectivity index (χ0n) is 14.9. The summed E-state index contributed by atoms with van der Waals surface area (Å²) in [5.74, 6) is -0.564. The number of anilines is 1. The first-order valence-corrected chi connectivity index (χ1v) is 8.47. The molecule has 0 bridgehead atoms. The van der Waals surface area contributed by atoms with Gasteiger partial charge in [-0.1, -0.05) is 24.3 Å². The van der Waals surface area contributed by atoms with Crippen LogP contribution < -0.4 is 5.32 Å². The molecule has 0 aliphatic heterocycles. The van der Waals surface area contributed by atoms with E-state index in [9.17, 15) is 14.9 Å². The first-order chi connectivity index (χ1) is 13.6. The van der Waals surface area contributed by atoms with Crippen molar-refractivity contribution < 1.29 is 9.72 Å². The molecule has 0 radical (unpaired) electrons. The lowest BCUT2D eigenvalue weighted by atomic mass is 10.1. The quantitative estimate of drug-likeness (QED) is 0.432. The molecule has 0 saturated carbocycles. The highest BCUT2D eigenvalue weighted by atomic mass is 16.6. The maximum absolute atomic E-state index is 12.7. The number of imidazole rings is 1.